The van der Waals surface area contributed by atoms with E-state index in [9.17, 15) is 0 Å². The first-order chi connectivity index (χ1) is 5.24. The topological polar surface area (TPSA) is 20.2 Å². The summed E-state index contributed by atoms with van der Waals surface area (Å²) in [5.74, 6) is 0.891. The summed E-state index contributed by atoms with van der Waals surface area (Å²) in [5.41, 5.74) is 1.21. The van der Waals surface area contributed by atoms with Gasteiger partial charge in [-0.3, -0.25) is 0 Å². The molecule has 1 unspecified atom stereocenters. The highest BCUT2D eigenvalue weighted by Crippen LogP contribution is 2.20. The van der Waals surface area contributed by atoms with Crippen LogP contribution in [0.25, 0.3) is 0 Å². The first kappa shape index (κ1) is 8.84. The fraction of sp³-hybridized carbons (Fsp3) is 0.333. The maximum atomic E-state index is 9.16. The van der Waals surface area contributed by atoms with Gasteiger partial charge in [0.05, 0.1) is 0 Å². The van der Waals surface area contributed by atoms with Crippen LogP contribution in [-0.2, 0) is 0 Å². The zero-order valence-corrected chi connectivity index (χ0v) is 8.58. The van der Waals surface area contributed by atoms with Gasteiger partial charge in [0.2, 0.25) is 0 Å². The normalized spacial score (nSPS) is 12.9. The third-order valence-corrected chi connectivity index (χ3v) is 2.99. The SMILES string of the molecule is CC(CI)c1cccc(O)c1. The Balaban J connectivity index is 2.86. The molecule has 1 atom stereocenters. The van der Waals surface area contributed by atoms with Gasteiger partial charge in [0, 0.05) is 4.43 Å². The molecule has 11 heavy (non-hydrogen) atoms. The van der Waals surface area contributed by atoms with Gasteiger partial charge in [-0.25, -0.2) is 0 Å². The molecule has 1 aromatic carbocycles. The molecule has 1 nitrogen and oxygen atoms in total. The number of benzene rings is 1. The van der Waals surface area contributed by atoms with Crippen molar-refractivity contribution in [3.63, 3.8) is 0 Å². The first-order valence-electron chi connectivity index (χ1n) is 3.59. The van der Waals surface area contributed by atoms with Crippen LogP contribution in [0.2, 0.25) is 0 Å². The molecule has 2 heteroatoms. The van der Waals surface area contributed by atoms with Crippen molar-refractivity contribution in [3.8, 4) is 5.75 Å². The maximum Gasteiger partial charge on any atom is 0.115 e. The lowest BCUT2D eigenvalue weighted by molar-refractivity contribution is 0.474. The number of alkyl halides is 1. The minimum Gasteiger partial charge on any atom is -0.508 e. The van der Waals surface area contributed by atoms with E-state index in [0.29, 0.717) is 11.7 Å². The number of hydrogen-bond donors (Lipinski definition) is 1. The van der Waals surface area contributed by atoms with Gasteiger partial charge in [-0.2, -0.15) is 0 Å². The second-order valence-corrected chi connectivity index (χ2v) is 3.53. The average Bonchev–Trinajstić information content (AvgIpc) is 2.03. The number of phenols is 1. The van der Waals surface area contributed by atoms with Crippen molar-refractivity contribution in [2.75, 3.05) is 4.43 Å². The van der Waals surface area contributed by atoms with Crippen molar-refractivity contribution >= 4 is 22.6 Å². The van der Waals surface area contributed by atoms with Gasteiger partial charge < -0.3 is 5.11 Å². The molecule has 0 aromatic heterocycles. The number of halogens is 1. The standard InChI is InChI=1S/C9H11IO/c1-7(6-10)8-3-2-4-9(11)5-8/h2-5,7,11H,6H2,1H3. The third-order valence-electron chi connectivity index (χ3n) is 1.67. The molecular formula is C9H11IO. The van der Waals surface area contributed by atoms with E-state index in [-0.39, 0.29) is 0 Å². The molecule has 0 aliphatic rings. The van der Waals surface area contributed by atoms with Crippen molar-refractivity contribution in [2.45, 2.75) is 12.8 Å². The fourth-order valence-corrected chi connectivity index (χ4v) is 1.43. The van der Waals surface area contributed by atoms with Crippen molar-refractivity contribution in [1.82, 2.24) is 0 Å². The van der Waals surface area contributed by atoms with E-state index < -0.39 is 0 Å². The number of aromatic hydroxyl groups is 1. The van der Waals surface area contributed by atoms with Crippen LogP contribution in [0, 0.1) is 0 Å². The van der Waals surface area contributed by atoms with E-state index >= 15 is 0 Å². The van der Waals surface area contributed by atoms with Gasteiger partial charge >= 0.3 is 0 Å². The summed E-state index contributed by atoms with van der Waals surface area (Å²) in [7, 11) is 0. The quantitative estimate of drug-likeness (QED) is 0.641. The molecule has 0 heterocycles. The Hall–Kier alpha value is -0.250. The van der Waals surface area contributed by atoms with Gasteiger partial charge in [0.1, 0.15) is 5.75 Å². The highest BCUT2D eigenvalue weighted by Gasteiger charge is 2.02. The lowest BCUT2D eigenvalue weighted by Gasteiger charge is -2.07. The Morgan fingerprint density at radius 1 is 1.55 bits per heavy atom. The van der Waals surface area contributed by atoms with Crippen LogP contribution < -0.4 is 0 Å². The van der Waals surface area contributed by atoms with Crippen LogP contribution in [-0.4, -0.2) is 9.53 Å². The largest absolute Gasteiger partial charge is 0.508 e. The van der Waals surface area contributed by atoms with Gasteiger partial charge in [-0.05, 0) is 23.6 Å². The summed E-state index contributed by atoms with van der Waals surface area (Å²) in [5, 5.41) is 9.16. The zero-order valence-electron chi connectivity index (χ0n) is 6.42. The van der Waals surface area contributed by atoms with Crippen molar-refractivity contribution in [3.05, 3.63) is 29.8 Å². The minimum absolute atomic E-state index is 0.360. The van der Waals surface area contributed by atoms with Gasteiger partial charge in [-0.15, -0.1) is 0 Å². The van der Waals surface area contributed by atoms with Gasteiger partial charge in [0.25, 0.3) is 0 Å². The van der Waals surface area contributed by atoms with Crippen LogP contribution in [0.15, 0.2) is 24.3 Å². The molecule has 60 valence electrons. The van der Waals surface area contributed by atoms with E-state index in [2.05, 4.69) is 29.5 Å². The highest BCUT2D eigenvalue weighted by atomic mass is 127. The molecule has 0 radical (unpaired) electrons. The molecule has 1 aromatic rings. The zero-order chi connectivity index (χ0) is 8.27. The Morgan fingerprint density at radius 3 is 2.82 bits per heavy atom. The smallest absolute Gasteiger partial charge is 0.115 e. The second kappa shape index (κ2) is 3.95. The molecular weight excluding hydrogens is 251 g/mol. The summed E-state index contributed by atoms with van der Waals surface area (Å²) in [6.45, 7) is 2.15. The molecule has 0 saturated carbocycles. The van der Waals surface area contributed by atoms with E-state index in [1.807, 2.05) is 18.2 Å². The summed E-state index contributed by atoms with van der Waals surface area (Å²) >= 11 is 2.35. The van der Waals surface area contributed by atoms with Crippen LogP contribution in [0.1, 0.15) is 18.4 Å². The molecule has 0 fully saturated rings. The van der Waals surface area contributed by atoms with E-state index in [1.165, 1.54) is 5.56 Å². The highest BCUT2D eigenvalue weighted by molar-refractivity contribution is 14.1. The number of phenolic OH excluding ortho intramolecular Hbond substituents is 1. The number of rotatable bonds is 2. The second-order valence-electron chi connectivity index (χ2n) is 2.65. The summed E-state index contributed by atoms with van der Waals surface area (Å²) in [6.07, 6.45) is 0. The van der Waals surface area contributed by atoms with Crippen molar-refractivity contribution in [1.29, 1.82) is 0 Å². The predicted molar refractivity (Wildman–Crippen MR) is 55.4 cm³/mol. The maximum absolute atomic E-state index is 9.16. The lowest BCUT2D eigenvalue weighted by Crippen LogP contribution is -1.92. The Bertz CT molecular complexity index is 235. The van der Waals surface area contributed by atoms with E-state index in [0.717, 1.165) is 4.43 Å². The van der Waals surface area contributed by atoms with Crippen LogP contribution in [0.3, 0.4) is 0 Å². The lowest BCUT2D eigenvalue weighted by atomic mass is 10.0. The molecule has 0 aliphatic carbocycles. The molecule has 0 spiro atoms. The number of hydrogen-bond acceptors (Lipinski definition) is 1. The molecule has 0 aliphatic heterocycles. The van der Waals surface area contributed by atoms with Gasteiger partial charge in [0.15, 0.2) is 0 Å². The van der Waals surface area contributed by atoms with Crippen LogP contribution in [0.5, 0.6) is 5.75 Å². The molecule has 1 N–H and O–H groups in total. The Morgan fingerprint density at radius 2 is 2.27 bits per heavy atom. The molecule has 0 saturated heterocycles. The minimum atomic E-state index is 0.360. The first-order valence-corrected chi connectivity index (χ1v) is 5.11. The van der Waals surface area contributed by atoms with Crippen molar-refractivity contribution in [2.24, 2.45) is 0 Å². The monoisotopic (exact) mass is 262 g/mol. The van der Waals surface area contributed by atoms with E-state index in [4.69, 9.17) is 5.11 Å². The van der Waals surface area contributed by atoms with Crippen molar-refractivity contribution < 1.29 is 5.11 Å². The molecule has 0 amide bonds. The summed E-state index contributed by atoms with van der Waals surface area (Å²) < 4.78 is 1.08. The van der Waals surface area contributed by atoms with Gasteiger partial charge in [-0.1, -0.05) is 41.6 Å². The van der Waals surface area contributed by atoms with Crippen LogP contribution >= 0.6 is 22.6 Å². The Kier molecular flexibility index (Phi) is 3.17. The van der Waals surface area contributed by atoms with Crippen LogP contribution in [0.4, 0.5) is 0 Å². The molecule has 0 bridgehead atoms. The summed E-state index contributed by atoms with van der Waals surface area (Å²) in [6, 6.07) is 7.45. The predicted octanol–water partition coefficient (Wildman–Crippen LogP) is 2.93. The average molecular weight is 262 g/mol. The summed E-state index contributed by atoms with van der Waals surface area (Å²) in [4.78, 5) is 0. The van der Waals surface area contributed by atoms with E-state index in [1.54, 1.807) is 6.07 Å². The fourth-order valence-electron chi connectivity index (χ4n) is 0.920. The molecule has 1 rings (SSSR count). The third kappa shape index (κ3) is 2.36. The Labute approximate surface area is 80.6 Å².